The third-order valence-corrected chi connectivity index (χ3v) is 9.34. The number of carbonyl (C=O) groups excluding carboxylic acids is 1. The third kappa shape index (κ3) is 8.66. The van der Waals surface area contributed by atoms with Crippen LogP contribution in [0.1, 0.15) is 12.8 Å². The number of amides is 1. The van der Waals surface area contributed by atoms with Gasteiger partial charge in [0.25, 0.3) is 0 Å². The van der Waals surface area contributed by atoms with Gasteiger partial charge in [-0.2, -0.15) is 0 Å². The molecule has 3 heterocycles. The fraction of sp³-hybridized carbons (Fsp3) is 0.963. The van der Waals surface area contributed by atoms with Gasteiger partial charge in [0.2, 0.25) is 5.91 Å². The molecule has 20 atom stereocenters. The molecule has 1 amide bonds. The lowest BCUT2D eigenvalue weighted by atomic mass is 9.83. The van der Waals surface area contributed by atoms with Crippen molar-refractivity contribution in [1.82, 2.24) is 5.32 Å². The van der Waals surface area contributed by atoms with E-state index in [-0.39, 0.29) is 25.9 Å². The molecule has 0 radical (unpaired) electrons. The number of hydrogen-bond acceptors (Lipinski definition) is 21. The van der Waals surface area contributed by atoms with Crippen molar-refractivity contribution in [3.05, 3.63) is 0 Å². The number of nitrogens with two attached hydrogens (primary N) is 5. The minimum Gasteiger partial charge on any atom is -0.394 e. The predicted molar refractivity (Wildman–Crippen MR) is 160 cm³/mol. The maximum atomic E-state index is 12.6. The molecule has 22 nitrogen and oxygen atoms in total. The summed E-state index contributed by atoms with van der Waals surface area (Å²) in [4.78, 5) is 12.6. The summed E-state index contributed by atoms with van der Waals surface area (Å²) < 4.78 is 34.7. The zero-order valence-corrected chi connectivity index (χ0v) is 26.6. The summed E-state index contributed by atoms with van der Waals surface area (Å²) in [5.41, 5.74) is 29.5. The largest absolute Gasteiger partial charge is 0.394 e. The molecule has 0 aromatic heterocycles. The van der Waals surface area contributed by atoms with E-state index in [1.807, 2.05) is 0 Å². The molecule has 0 unspecified atom stereocenters. The van der Waals surface area contributed by atoms with E-state index in [0.29, 0.717) is 0 Å². The number of aliphatic hydroxyl groups is 9. The van der Waals surface area contributed by atoms with Gasteiger partial charge in [0.1, 0.15) is 79.4 Å². The van der Waals surface area contributed by atoms with E-state index in [4.69, 9.17) is 57.1 Å². The highest BCUT2D eigenvalue weighted by Crippen LogP contribution is 2.34. The van der Waals surface area contributed by atoms with Crippen LogP contribution in [0.15, 0.2) is 0 Å². The van der Waals surface area contributed by atoms with Gasteiger partial charge in [-0.1, -0.05) is 0 Å². The molecule has 4 fully saturated rings. The summed E-state index contributed by atoms with van der Waals surface area (Å²) in [7, 11) is 0. The smallest absolute Gasteiger partial charge is 0.249 e. The van der Waals surface area contributed by atoms with Crippen LogP contribution < -0.4 is 34.0 Å². The second kappa shape index (κ2) is 17.5. The number of ether oxygens (including phenoxy) is 6. The van der Waals surface area contributed by atoms with Gasteiger partial charge in [0, 0.05) is 12.6 Å². The number of rotatable bonds is 13. The summed E-state index contributed by atoms with van der Waals surface area (Å²) in [5.74, 6) is -0.863. The lowest BCUT2D eigenvalue weighted by Gasteiger charge is -2.47. The molecule has 22 heteroatoms. The second-order valence-corrected chi connectivity index (χ2v) is 12.7. The fourth-order valence-corrected chi connectivity index (χ4v) is 6.38. The number of nitrogens with one attached hydrogen (secondary N) is 1. The van der Waals surface area contributed by atoms with Gasteiger partial charge in [-0.3, -0.25) is 4.79 Å². The van der Waals surface area contributed by atoms with E-state index < -0.39 is 142 Å². The van der Waals surface area contributed by atoms with Crippen LogP contribution in [0, 0.1) is 0 Å². The molecule has 0 aromatic rings. The Kier molecular flexibility index (Phi) is 14.4. The van der Waals surface area contributed by atoms with Crippen molar-refractivity contribution in [1.29, 1.82) is 0 Å². The molecule has 0 spiro atoms. The first kappa shape index (κ1) is 40.4. The van der Waals surface area contributed by atoms with Crippen molar-refractivity contribution in [2.24, 2.45) is 28.7 Å². The molecule has 3 aliphatic heterocycles. The second-order valence-electron chi connectivity index (χ2n) is 12.7. The maximum Gasteiger partial charge on any atom is 0.249 e. The Bertz CT molecular complexity index is 1060. The highest BCUT2D eigenvalue weighted by Gasteiger charge is 2.55. The molecule has 0 bridgehead atoms. The van der Waals surface area contributed by atoms with Crippen molar-refractivity contribution in [2.45, 2.75) is 135 Å². The van der Waals surface area contributed by atoms with Crippen LogP contribution in [-0.2, 0) is 33.2 Å². The third-order valence-electron chi connectivity index (χ3n) is 9.34. The average molecular weight is 717 g/mol. The van der Waals surface area contributed by atoms with Gasteiger partial charge in [0.05, 0.1) is 31.3 Å². The lowest BCUT2D eigenvalue weighted by Crippen LogP contribution is -2.69. The Balaban J connectivity index is 1.57. The summed E-state index contributed by atoms with van der Waals surface area (Å²) in [6, 6.07) is -4.93. The molecule has 4 rings (SSSR count). The number of hydrogen-bond donors (Lipinski definition) is 15. The van der Waals surface area contributed by atoms with Gasteiger partial charge in [-0.25, -0.2) is 0 Å². The van der Waals surface area contributed by atoms with Crippen LogP contribution in [0.2, 0.25) is 0 Å². The molecular weight excluding hydrogens is 664 g/mol. The predicted octanol–water partition coefficient (Wildman–Crippen LogP) is -9.99. The first-order valence-corrected chi connectivity index (χ1v) is 16.1. The number of aliphatic hydroxyl groups excluding tert-OH is 9. The van der Waals surface area contributed by atoms with E-state index in [9.17, 15) is 50.8 Å². The lowest BCUT2D eigenvalue weighted by molar-refractivity contribution is -0.311. The fourth-order valence-electron chi connectivity index (χ4n) is 6.38. The van der Waals surface area contributed by atoms with Crippen LogP contribution in [0.3, 0.4) is 0 Å². The van der Waals surface area contributed by atoms with Crippen LogP contribution in [0.5, 0.6) is 0 Å². The minimum absolute atomic E-state index is 0.00458. The summed E-state index contributed by atoms with van der Waals surface area (Å²) in [6.07, 6.45) is -23.9. The monoisotopic (exact) mass is 716 g/mol. The average Bonchev–Trinajstić information content (AvgIpc) is 3.38. The molecule has 20 N–H and O–H groups in total. The first-order chi connectivity index (χ1) is 23.2. The van der Waals surface area contributed by atoms with E-state index in [0.717, 1.165) is 0 Å². The Morgan fingerprint density at radius 3 is 1.76 bits per heavy atom. The van der Waals surface area contributed by atoms with Gasteiger partial charge < -0.3 is 108 Å². The van der Waals surface area contributed by atoms with Crippen LogP contribution in [0.25, 0.3) is 0 Å². The van der Waals surface area contributed by atoms with E-state index >= 15 is 0 Å². The molecule has 0 aromatic carbocycles. The van der Waals surface area contributed by atoms with Gasteiger partial charge in [-0.05, 0) is 19.4 Å². The standard InChI is InChI=1S/C27H52N6O16/c28-2-1-9(36)24(43)33-8-3-7(30)21(47-26-14(32)19(41)17(39)11(5-34)45-26)23(15(8)37)49-27-20(42)22(12(6-35)46-27)48-25-13(31)18(40)16(38)10(4-29)44-25/h7-23,25-27,34-42H,1-6,28-32H2,(H,33,43)/t7-,8+,9-,10-,11+,12+,13+,14+,15-,16+,17-,18+,19-,20+,21+,22+,23+,25+,26+,27-/m0/s1. The molecule has 1 saturated carbocycles. The molecule has 49 heavy (non-hydrogen) atoms. The van der Waals surface area contributed by atoms with E-state index in [1.54, 1.807) is 0 Å². The van der Waals surface area contributed by atoms with Crippen molar-refractivity contribution in [3.63, 3.8) is 0 Å². The summed E-state index contributed by atoms with van der Waals surface area (Å²) in [5, 5.41) is 96.3. The quantitative estimate of drug-likeness (QED) is 0.0841. The van der Waals surface area contributed by atoms with Crippen LogP contribution in [0.4, 0.5) is 0 Å². The zero-order valence-electron chi connectivity index (χ0n) is 26.6. The van der Waals surface area contributed by atoms with E-state index in [2.05, 4.69) is 5.32 Å². The molecule has 3 saturated heterocycles. The summed E-state index contributed by atoms with van der Waals surface area (Å²) in [6.45, 7) is -1.66. The molecular formula is C27H52N6O16. The maximum absolute atomic E-state index is 12.6. The Labute approximate surface area is 280 Å². The topological polar surface area (TPSA) is 397 Å². The van der Waals surface area contributed by atoms with Gasteiger partial charge in [-0.15, -0.1) is 0 Å². The van der Waals surface area contributed by atoms with E-state index in [1.165, 1.54) is 0 Å². The SMILES string of the molecule is NCC[C@H](O)C(=O)N[C@@H]1C[C@H](N)[C@@H](O[C@H]2O[C@H](CO)[C@H](O)[C@@H](O)[C@H]2N)[C@H](O[C@@H]2O[C@H](CO)[C@@H](O[C@H]3O[C@@H](CN)[C@@H](O)[C@H](O)[C@H]3N)[C@H]2O)[C@H]1O. The molecule has 4 aliphatic rings. The Hall–Kier alpha value is -1.33. The van der Waals surface area contributed by atoms with Crippen molar-refractivity contribution in [2.75, 3.05) is 26.3 Å². The van der Waals surface area contributed by atoms with Crippen LogP contribution in [-0.4, -0.2) is 201 Å². The first-order valence-electron chi connectivity index (χ1n) is 16.1. The van der Waals surface area contributed by atoms with Crippen molar-refractivity contribution >= 4 is 5.91 Å². The molecule has 286 valence electrons. The van der Waals surface area contributed by atoms with Gasteiger partial charge in [0.15, 0.2) is 18.9 Å². The van der Waals surface area contributed by atoms with Gasteiger partial charge >= 0.3 is 0 Å². The highest BCUT2D eigenvalue weighted by molar-refractivity contribution is 5.80. The number of carbonyl (C=O) groups is 1. The minimum atomic E-state index is -1.73. The summed E-state index contributed by atoms with van der Waals surface area (Å²) >= 11 is 0. The Morgan fingerprint density at radius 1 is 0.694 bits per heavy atom. The van der Waals surface area contributed by atoms with Crippen LogP contribution >= 0.6 is 0 Å². The van der Waals surface area contributed by atoms with Crippen molar-refractivity contribution in [3.8, 4) is 0 Å². The highest BCUT2D eigenvalue weighted by atomic mass is 16.8. The normalized spacial score (nSPS) is 48.3. The van der Waals surface area contributed by atoms with Crippen molar-refractivity contribution < 1.29 is 79.2 Å². The zero-order chi connectivity index (χ0) is 36.3. The Morgan fingerprint density at radius 2 is 1.20 bits per heavy atom. The molecule has 1 aliphatic carbocycles.